The first-order chi connectivity index (χ1) is 31.9. The summed E-state index contributed by atoms with van der Waals surface area (Å²) < 4.78 is 0.358. The van der Waals surface area contributed by atoms with Crippen molar-refractivity contribution in [3.63, 3.8) is 0 Å². The maximum Gasteiger partial charge on any atom is 0.337 e. The molecule has 12 heteroatoms. The minimum absolute atomic E-state index is 0.0189. The molecule has 2 aromatic rings. The van der Waals surface area contributed by atoms with E-state index in [9.17, 15) is 29.4 Å². The zero-order valence-corrected chi connectivity index (χ0v) is 47.6. The molecule has 0 aliphatic carbocycles. The first kappa shape index (κ1) is 60.6. The van der Waals surface area contributed by atoms with Gasteiger partial charge >= 0.3 is 11.9 Å². The molecular formula is C54H86Br4N2O6. The predicted molar refractivity (Wildman–Crippen MR) is 291 cm³/mol. The van der Waals surface area contributed by atoms with Gasteiger partial charge in [0.2, 0.25) is 0 Å². The highest BCUT2D eigenvalue weighted by Crippen LogP contribution is 2.46. The summed E-state index contributed by atoms with van der Waals surface area (Å²) in [6, 6.07) is 0. The third kappa shape index (κ3) is 21.6. The van der Waals surface area contributed by atoms with Gasteiger partial charge in [-0.3, -0.25) is 9.59 Å². The van der Waals surface area contributed by atoms with Gasteiger partial charge in [0.25, 0.3) is 11.8 Å². The highest BCUT2D eigenvalue weighted by Gasteiger charge is 2.35. The van der Waals surface area contributed by atoms with Gasteiger partial charge in [-0.15, -0.1) is 0 Å². The lowest BCUT2D eigenvalue weighted by Gasteiger charge is -2.23. The fourth-order valence-electron chi connectivity index (χ4n) is 9.36. The first-order valence-corrected chi connectivity index (χ1v) is 29.4. The number of hydrogen-bond donors (Lipinski definition) is 4. The summed E-state index contributed by atoms with van der Waals surface area (Å²) in [5.41, 5.74) is -0.648. The largest absolute Gasteiger partial charge is 0.478 e. The second-order valence-corrected chi connectivity index (χ2v) is 22.1. The standard InChI is InChI=1S/C54H86Br4N2O6/c1-5-9-13-17-21-23-27-31-35-39(33-29-25-19-15-11-7-3)37-59-51(61)43-41-42(46(54(65)66)50(58)49(57)45(41)53(63)64)44(48(56)47(43)55)52(62)60-38-40(34-30-26-20-16-12-8-4)36-32-28-24-22-18-14-10-6-2/h39-40H,5-38H2,1-4H3,(H,59,61)(H,60,62)(H,63,64)(H,65,66). The van der Waals surface area contributed by atoms with Crippen molar-refractivity contribution < 1.29 is 29.4 Å². The lowest BCUT2D eigenvalue weighted by Crippen LogP contribution is -2.32. The Hall–Kier alpha value is -1.50. The molecule has 0 heterocycles. The van der Waals surface area contributed by atoms with Crippen molar-refractivity contribution in [1.29, 1.82) is 0 Å². The average molecular weight is 1180 g/mol. The van der Waals surface area contributed by atoms with Crippen LogP contribution in [0.15, 0.2) is 17.9 Å². The number of amides is 2. The van der Waals surface area contributed by atoms with Gasteiger partial charge in [-0.25, -0.2) is 9.59 Å². The molecule has 2 amide bonds. The van der Waals surface area contributed by atoms with E-state index in [1.54, 1.807) is 0 Å². The van der Waals surface area contributed by atoms with Crippen LogP contribution in [0.1, 0.15) is 275 Å². The van der Waals surface area contributed by atoms with Crippen molar-refractivity contribution in [2.45, 2.75) is 233 Å². The third-order valence-electron chi connectivity index (χ3n) is 13.4. The quantitative estimate of drug-likeness (QED) is 0.0491. The Labute approximate surface area is 433 Å². The highest BCUT2D eigenvalue weighted by molar-refractivity contribution is 9.13. The van der Waals surface area contributed by atoms with E-state index in [0.29, 0.717) is 13.1 Å². The summed E-state index contributed by atoms with van der Waals surface area (Å²) in [5, 5.41) is 27.6. The minimum atomic E-state index is -1.36. The topological polar surface area (TPSA) is 133 Å². The summed E-state index contributed by atoms with van der Waals surface area (Å²) in [6.07, 6.45) is 37.7. The molecule has 0 saturated carbocycles. The van der Waals surface area contributed by atoms with Crippen LogP contribution in [0.2, 0.25) is 0 Å². The van der Waals surface area contributed by atoms with E-state index < -0.39 is 23.8 Å². The van der Waals surface area contributed by atoms with E-state index in [0.717, 1.165) is 77.0 Å². The van der Waals surface area contributed by atoms with Gasteiger partial charge in [0.05, 0.1) is 22.3 Å². The minimum Gasteiger partial charge on any atom is -0.478 e. The van der Waals surface area contributed by atoms with Crippen LogP contribution >= 0.6 is 63.7 Å². The number of unbranched alkanes of at least 4 members (excludes halogenated alkanes) is 24. The lowest BCUT2D eigenvalue weighted by molar-refractivity contribution is 0.0682. The molecule has 0 saturated heterocycles. The summed E-state index contributed by atoms with van der Waals surface area (Å²) in [7, 11) is 0. The van der Waals surface area contributed by atoms with Crippen LogP contribution in [0.4, 0.5) is 0 Å². The smallest absolute Gasteiger partial charge is 0.337 e. The van der Waals surface area contributed by atoms with E-state index in [-0.39, 0.29) is 62.8 Å². The average Bonchev–Trinajstić information content (AvgIpc) is 3.28. The zero-order chi connectivity index (χ0) is 48.7. The number of aromatic carboxylic acids is 2. The number of halogens is 4. The summed E-state index contributed by atoms with van der Waals surface area (Å²) >= 11 is 14.0. The van der Waals surface area contributed by atoms with Crippen molar-refractivity contribution in [1.82, 2.24) is 10.6 Å². The molecule has 2 aromatic carbocycles. The highest BCUT2D eigenvalue weighted by atomic mass is 79.9. The number of carboxylic acid groups (broad SMARTS) is 2. The van der Waals surface area contributed by atoms with Gasteiger partial charge in [-0.2, -0.15) is 0 Å². The molecule has 0 aliphatic rings. The van der Waals surface area contributed by atoms with Gasteiger partial charge in [0.1, 0.15) is 0 Å². The molecule has 2 unspecified atom stereocenters. The number of benzene rings is 2. The SMILES string of the molecule is CCCCCCCCCCC(CCCCCCCC)CNC(=O)c1c(Br)c(Br)c(C(=O)NCC(CCCCCCCC)CCCCCCCCCC)c2c(C(=O)O)c(Br)c(Br)c(C(=O)O)c12. The van der Waals surface area contributed by atoms with Crippen LogP contribution in [0.25, 0.3) is 10.8 Å². The molecule has 0 aromatic heterocycles. The van der Waals surface area contributed by atoms with Crippen LogP contribution in [-0.4, -0.2) is 47.1 Å². The van der Waals surface area contributed by atoms with Crippen LogP contribution in [0, 0.1) is 11.8 Å². The second kappa shape index (κ2) is 36.4. The summed E-state index contributed by atoms with van der Waals surface area (Å²) in [6.45, 7) is 9.72. The fourth-order valence-corrected chi connectivity index (χ4v) is 11.6. The molecule has 0 radical (unpaired) electrons. The van der Waals surface area contributed by atoms with Crippen LogP contribution in [-0.2, 0) is 0 Å². The molecule has 2 rings (SSSR count). The van der Waals surface area contributed by atoms with Crippen molar-refractivity contribution >= 4 is 98.2 Å². The normalized spacial score (nSPS) is 12.4. The monoisotopic (exact) mass is 1170 g/mol. The van der Waals surface area contributed by atoms with Crippen LogP contribution in [0.3, 0.4) is 0 Å². The van der Waals surface area contributed by atoms with Crippen molar-refractivity contribution in [3.05, 3.63) is 40.1 Å². The second-order valence-electron chi connectivity index (χ2n) is 18.9. The van der Waals surface area contributed by atoms with E-state index in [1.807, 2.05) is 0 Å². The van der Waals surface area contributed by atoms with Crippen molar-refractivity contribution in [2.75, 3.05) is 13.1 Å². The fraction of sp³-hybridized carbons (Fsp3) is 0.741. The first-order valence-electron chi connectivity index (χ1n) is 26.3. The molecule has 2 atom stereocenters. The molecule has 66 heavy (non-hydrogen) atoms. The Morgan fingerprint density at radius 2 is 0.576 bits per heavy atom. The Morgan fingerprint density at radius 3 is 0.803 bits per heavy atom. The Balaban J connectivity index is 2.51. The van der Waals surface area contributed by atoms with Gasteiger partial charge in [-0.05, 0) is 101 Å². The van der Waals surface area contributed by atoms with E-state index >= 15 is 0 Å². The molecule has 0 fully saturated rings. The zero-order valence-electron chi connectivity index (χ0n) is 41.2. The molecule has 8 nitrogen and oxygen atoms in total. The molecule has 0 bridgehead atoms. The lowest BCUT2D eigenvalue weighted by atomic mass is 9.90. The Kier molecular flexibility index (Phi) is 33.5. The number of carboxylic acids is 2. The number of hydrogen-bond acceptors (Lipinski definition) is 4. The van der Waals surface area contributed by atoms with Crippen LogP contribution < -0.4 is 10.6 Å². The molecule has 0 spiro atoms. The van der Waals surface area contributed by atoms with Gasteiger partial charge in [0.15, 0.2) is 0 Å². The van der Waals surface area contributed by atoms with Gasteiger partial charge < -0.3 is 20.8 Å². The van der Waals surface area contributed by atoms with Gasteiger partial charge in [-0.1, -0.05) is 207 Å². The summed E-state index contributed by atoms with van der Waals surface area (Å²) in [4.78, 5) is 55.6. The Morgan fingerprint density at radius 1 is 0.364 bits per heavy atom. The molecular weight excluding hydrogens is 1090 g/mol. The number of nitrogens with one attached hydrogen (secondary N) is 2. The number of rotatable bonds is 40. The van der Waals surface area contributed by atoms with Crippen molar-refractivity contribution in [3.8, 4) is 0 Å². The summed E-state index contributed by atoms with van der Waals surface area (Å²) in [5.74, 6) is -3.30. The van der Waals surface area contributed by atoms with Crippen LogP contribution in [0.5, 0.6) is 0 Å². The van der Waals surface area contributed by atoms with E-state index in [4.69, 9.17) is 0 Å². The Bertz CT molecular complexity index is 1630. The predicted octanol–water partition coefficient (Wildman–Crippen LogP) is 18.5. The van der Waals surface area contributed by atoms with E-state index in [1.165, 1.54) is 128 Å². The van der Waals surface area contributed by atoms with Crippen molar-refractivity contribution in [2.24, 2.45) is 11.8 Å². The molecule has 4 N–H and O–H groups in total. The molecule has 376 valence electrons. The number of fused-ring (bicyclic) bond motifs is 1. The molecule has 0 aliphatic heterocycles. The van der Waals surface area contributed by atoms with Gasteiger partial charge in [0, 0.05) is 41.8 Å². The maximum atomic E-state index is 14.6. The maximum absolute atomic E-state index is 14.6. The number of carbonyl (C=O) groups is 4. The number of carbonyl (C=O) groups excluding carboxylic acids is 2. The third-order valence-corrected chi connectivity index (χ3v) is 17.6. The van der Waals surface area contributed by atoms with E-state index in [2.05, 4.69) is 102 Å².